The smallest absolute Gasteiger partial charge is 0.0346 e. The molecule has 2 nitrogen and oxygen atoms in total. The number of thioether (sulfide) groups is 1. The Morgan fingerprint density at radius 2 is 2.11 bits per heavy atom. The third kappa shape index (κ3) is 3.42. The normalized spacial score (nSPS) is 20.6. The van der Waals surface area contributed by atoms with Crippen LogP contribution in [0.5, 0.6) is 0 Å². The van der Waals surface area contributed by atoms with E-state index in [-0.39, 0.29) is 0 Å². The Morgan fingerprint density at radius 3 is 2.89 bits per heavy atom. The van der Waals surface area contributed by atoms with E-state index < -0.39 is 0 Å². The summed E-state index contributed by atoms with van der Waals surface area (Å²) < 4.78 is 0.430. The molecular weight excluding hydrogens is 240 g/mol. The highest BCUT2D eigenvalue weighted by Crippen LogP contribution is 2.31. The first-order chi connectivity index (χ1) is 8.48. The van der Waals surface area contributed by atoms with Crippen LogP contribution in [0.2, 0.25) is 0 Å². The monoisotopic (exact) mass is 264 g/mol. The van der Waals surface area contributed by atoms with Gasteiger partial charge in [0.1, 0.15) is 0 Å². The van der Waals surface area contributed by atoms with Crippen LogP contribution < -0.4 is 5.73 Å². The SMILES string of the molecule is Cc1c(N)cccc1CN1CCSC(C)(C)CC1. The van der Waals surface area contributed by atoms with Gasteiger partial charge in [-0.15, -0.1) is 0 Å². The second kappa shape index (κ2) is 5.54. The zero-order chi connectivity index (χ0) is 13.2. The fraction of sp³-hybridized carbons (Fsp3) is 0.600. The topological polar surface area (TPSA) is 29.3 Å². The molecule has 1 aromatic carbocycles. The average molecular weight is 264 g/mol. The number of benzene rings is 1. The molecule has 0 aromatic heterocycles. The van der Waals surface area contributed by atoms with Crippen molar-refractivity contribution in [3.63, 3.8) is 0 Å². The summed E-state index contributed by atoms with van der Waals surface area (Å²) in [5.74, 6) is 1.23. The number of rotatable bonds is 2. The standard InChI is InChI=1S/C15H24N2S/c1-12-13(5-4-6-14(12)16)11-17-8-7-15(2,3)18-10-9-17/h4-6H,7-11,16H2,1-3H3. The molecule has 2 rings (SSSR count). The summed E-state index contributed by atoms with van der Waals surface area (Å²) in [5.41, 5.74) is 9.51. The van der Waals surface area contributed by atoms with Gasteiger partial charge >= 0.3 is 0 Å². The minimum atomic E-state index is 0.430. The van der Waals surface area contributed by atoms with Crippen molar-refractivity contribution in [3.05, 3.63) is 29.3 Å². The summed E-state index contributed by atoms with van der Waals surface area (Å²) in [6.45, 7) is 10.2. The van der Waals surface area contributed by atoms with Gasteiger partial charge in [-0.3, -0.25) is 4.90 Å². The number of hydrogen-bond donors (Lipinski definition) is 1. The van der Waals surface area contributed by atoms with Crippen LogP contribution in [0.1, 0.15) is 31.4 Å². The van der Waals surface area contributed by atoms with Crippen LogP contribution >= 0.6 is 11.8 Å². The van der Waals surface area contributed by atoms with E-state index in [0.29, 0.717) is 4.75 Å². The van der Waals surface area contributed by atoms with Gasteiger partial charge in [0.25, 0.3) is 0 Å². The fourth-order valence-electron chi connectivity index (χ4n) is 2.34. The first-order valence-corrected chi connectivity index (χ1v) is 7.67. The molecule has 0 amide bonds. The lowest BCUT2D eigenvalue weighted by Crippen LogP contribution is -2.27. The van der Waals surface area contributed by atoms with Crippen LogP contribution in [0.3, 0.4) is 0 Å². The van der Waals surface area contributed by atoms with Crippen molar-refractivity contribution in [2.24, 2.45) is 0 Å². The molecule has 1 aliphatic rings. The molecule has 0 aliphatic carbocycles. The molecule has 1 saturated heterocycles. The van der Waals surface area contributed by atoms with E-state index >= 15 is 0 Å². The van der Waals surface area contributed by atoms with E-state index in [0.717, 1.165) is 12.2 Å². The van der Waals surface area contributed by atoms with Gasteiger partial charge in [0.15, 0.2) is 0 Å². The summed E-state index contributed by atoms with van der Waals surface area (Å²) >= 11 is 2.10. The molecule has 0 unspecified atom stereocenters. The summed E-state index contributed by atoms with van der Waals surface area (Å²) in [5, 5.41) is 0. The number of anilines is 1. The molecule has 1 heterocycles. The van der Waals surface area contributed by atoms with Gasteiger partial charge in [0.2, 0.25) is 0 Å². The van der Waals surface area contributed by atoms with Crippen molar-refractivity contribution < 1.29 is 0 Å². The molecule has 18 heavy (non-hydrogen) atoms. The zero-order valence-corrected chi connectivity index (χ0v) is 12.5. The summed E-state index contributed by atoms with van der Waals surface area (Å²) in [6.07, 6.45) is 1.26. The molecule has 0 saturated carbocycles. The molecule has 1 aromatic rings. The molecule has 2 N–H and O–H groups in total. The van der Waals surface area contributed by atoms with Crippen LogP contribution in [0, 0.1) is 6.92 Å². The van der Waals surface area contributed by atoms with Crippen LogP contribution in [0.25, 0.3) is 0 Å². The Labute approximate surface area is 115 Å². The molecule has 0 atom stereocenters. The molecule has 1 fully saturated rings. The van der Waals surface area contributed by atoms with Gasteiger partial charge < -0.3 is 5.73 Å². The van der Waals surface area contributed by atoms with Gasteiger partial charge in [0.05, 0.1) is 0 Å². The van der Waals surface area contributed by atoms with Crippen molar-refractivity contribution >= 4 is 17.4 Å². The van der Waals surface area contributed by atoms with Crippen molar-refractivity contribution in [3.8, 4) is 0 Å². The lowest BCUT2D eigenvalue weighted by atomic mass is 10.1. The fourth-order valence-corrected chi connectivity index (χ4v) is 3.47. The van der Waals surface area contributed by atoms with Crippen molar-refractivity contribution in [2.45, 2.75) is 38.5 Å². The highest BCUT2D eigenvalue weighted by molar-refractivity contribution is 8.00. The number of hydrogen-bond acceptors (Lipinski definition) is 3. The van der Waals surface area contributed by atoms with Gasteiger partial charge in [-0.25, -0.2) is 0 Å². The molecule has 100 valence electrons. The van der Waals surface area contributed by atoms with Gasteiger partial charge in [-0.05, 0) is 37.1 Å². The highest BCUT2D eigenvalue weighted by atomic mass is 32.2. The van der Waals surface area contributed by atoms with Gasteiger partial charge in [-0.2, -0.15) is 11.8 Å². The Balaban J connectivity index is 2.03. The molecule has 3 heteroatoms. The third-order valence-electron chi connectivity index (χ3n) is 3.81. The first kappa shape index (κ1) is 13.8. The Kier molecular flexibility index (Phi) is 4.23. The predicted molar refractivity (Wildman–Crippen MR) is 82.0 cm³/mol. The Hall–Kier alpha value is -0.670. The van der Waals surface area contributed by atoms with E-state index in [2.05, 4.69) is 49.6 Å². The molecule has 0 radical (unpaired) electrons. The van der Waals surface area contributed by atoms with E-state index in [1.54, 1.807) is 0 Å². The van der Waals surface area contributed by atoms with E-state index in [1.165, 1.54) is 36.4 Å². The molecule has 0 bridgehead atoms. The minimum absolute atomic E-state index is 0.430. The Morgan fingerprint density at radius 1 is 1.33 bits per heavy atom. The predicted octanol–water partition coefficient (Wildman–Crippen LogP) is 3.29. The number of nitrogen functional groups attached to an aromatic ring is 1. The lowest BCUT2D eigenvalue weighted by Gasteiger charge is -2.23. The minimum Gasteiger partial charge on any atom is -0.399 e. The second-order valence-corrected chi connectivity index (χ2v) is 7.57. The van der Waals surface area contributed by atoms with Crippen LogP contribution in [-0.2, 0) is 6.54 Å². The Bertz CT molecular complexity index is 415. The highest BCUT2D eigenvalue weighted by Gasteiger charge is 2.23. The van der Waals surface area contributed by atoms with Gasteiger partial charge in [0, 0.05) is 29.3 Å². The van der Waals surface area contributed by atoms with Crippen LogP contribution in [0.4, 0.5) is 5.69 Å². The van der Waals surface area contributed by atoms with E-state index in [9.17, 15) is 0 Å². The quantitative estimate of drug-likeness (QED) is 0.831. The molecular formula is C15H24N2S. The van der Waals surface area contributed by atoms with E-state index in [4.69, 9.17) is 5.73 Å². The maximum atomic E-state index is 5.98. The molecule has 0 spiro atoms. The second-order valence-electron chi connectivity index (χ2n) is 5.77. The van der Waals surface area contributed by atoms with Crippen molar-refractivity contribution in [1.29, 1.82) is 0 Å². The summed E-state index contributed by atoms with van der Waals surface area (Å²) in [6, 6.07) is 6.25. The summed E-state index contributed by atoms with van der Waals surface area (Å²) in [4.78, 5) is 2.56. The average Bonchev–Trinajstić information content (AvgIpc) is 2.47. The van der Waals surface area contributed by atoms with E-state index in [1.807, 2.05) is 6.07 Å². The first-order valence-electron chi connectivity index (χ1n) is 6.68. The maximum absolute atomic E-state index is 5.98. The van der Waals surface area contributed by atoms with Crippen molar-refractivity contribution in [1.82, 2.24) is 4.90 Å². The molecule has 1 aliphatic heterocycles. The lowest BCUT2D eigenvalue weighted by molar-refractivity contribution is 0.276. The van der Waals surface area contributed by atoms with Gasteiger partial charge in [-0.1, -0.05) is 26.0 Å². The summed E-state index contributed by atoms with van der Waals surface area (Å²) in [7, 11) is 0. The van der Waals surface area contributed by atoms with Crippen LogP contribution in [-0.4, -0.2) is 28.5 Å². The number of nitrogens with two attached hydrogens (primary N) is 1. The zero-order valence-electron chi connectivity index (χ0n) is 11.7. The largest absolute Gasteiger partial charge is 0.399 e. The maximum Gasteiger partial charge on any atom is 0.0346 e. The number of nitrogens with zero attached hydrogens (tertiary/aromatic N) is 1. The van der Waals surface area contributed by atoms with Crippen LogP contribution in [0.15, 0.2) is 18.2 Å². The third-order valence-corrected chi connectivity index (χ3v) is 5.18. The van der Waals surface area contributed by atoms with Crippen molar-refractivity contribution in [2.75, 3.05) is 24.6 Å².